The van der Waals surface area contributed by atoms with Crippen LogP contribution in [-0.2, 0) is 26.2 Å². The largest absolute Gasteiger partial charge is 0.354 e. The van der Waals surface area contributed by atoms with Gasteiger partial charge in [0.25, 0.3) is 0 Å². The molecule has 1 N–H and O–H groups in total. The van der Waals surface area contributed by atoms with Crippen LogP contribution in [0.25, 0.3) is 0 Å². The molecule has 9 heteroatoms. The lowest BCUT2D eigenvalue weighted by Gasteiger charge is -2.33. The zero-order valence-electron chi connectivity index (χ0n) is 20.3. The quantitative estimate of drug-likeness (QED) is 0.399. The van der Waals surface area contributed by atoms with Gasteiger partial charge in [-0.15, -0.1) is 0 Å². The van der Waals surface area contributed by atoms with Gasteiger partial charge in [-0.3, -0.25) is 13.9 Å². The Kier molecular flexibility index (Phi) is 10.6. The predicted octanol–water partition coefficient (Wildman–Crippen LogP) is 4.25. The monoisotopic (exact) mass is 551 g/mol. The van der Waals surface area contributed by atoms with E-state index < -0.39 is 28.5 Å². The zero-order chi connectivity index (χ0) is 25.3. The summed E-state index contributed by atoms with van der Waals surface area (Å²) in [5.74, 6) is -0.668. The van der Waals surface area contributed by atoms with E-state index in [2.05, 4.69) is 21.2 Å². The first-order valence-electron chi connectivity index (χ1n) is 11.4. The molecule has 0 aliphatic rings. The van der Waals surface area contributed by atoms with Gasteiger partial charge < -0.3 is 10.2 Å². The fourth-order valence-electron chi connectivity index (χ4n) is 3.65. The Labute approximate surface area is 211 Å². The number of halogens is 1. The van der Waals surface area contributed by atoms with Gasteiger partial charge >= 0.3 is 0 Å². The number of hydrogen-bond donors (Lipinski definition) is 1. The fraction of sp³-hybridized carbons (Fsp3) is 0.440. The van der Waals surface area contributed by atoms with Gasteiger partial charge in [0.1, 0.15) is 12.6 Å². The van der Waals surface area contributed by atoms with Gasteiger partial charge in [0, 0.05) is 17.6 Å². The van der Waals surface area contributed by atoms with Crippen LogP contribution >= 0.6 is 15.9 Å². The maximum Gasteiger partial charge on any atom is 0.244 e. The van der Waals surface area contributed by atoms with Crippen LogP contribution in [0.4, 0.5) is 5.69 Å². The van der Waals surface area contributed by atoms with Gasteiger partial charge in [-0.25, -0.2) is 8.42 Å². The lowest BCUT2D eigenvalue weighted by molar-refractivity contribution is -0.140. The second kappa shape index (κ2) is 12.9. The molecule has 0 bridgehead atoms. The number of aryl methyl sites for hydroxylation is 1. The summed E-state index contributed by atoms with van der Waals surface area (Å²) < 4.78 is 27.1. The zero-order valence-corrected chi connectivity index (χ0v) is 22.7. The average Bonchev–Trinajstić information content (AvgIpc) is 2.77. The van der Waals surface area contributed by atoms with Crippen LogP contribution in [0.1, 0.15) is 44.2 Å². The van der Waals surface area contributed by atoms with E-state index in [0.717, 1.165) is 39.0 Å². The average molecular weight is 553 g/mol. The van der Waals surface area contributed by atoms with Crippen LogP contribution in [0, 0.1) is 6.92 Å². The van der Waals surface area contributed by atoms with Crippen molar-refractivity contribution in [1.82, 2.24) is 10.2 Å². The van der Waals surface area contributed by atoms with Crippen molar-refractivity contribution in [2.24, 2.45) is 0 Å². The molecule has 0 aromatic heterocycles. The SMILES string of the molecule is CCCCNC(=O)[C@@H](CC)N(Cc1cccc(C)c1)C(=O)CN(c1ccc(Br)cc1)S(C)(=O)=O. The number of unbranched alkanes of at least 4 members (excludes halogenated alkanes) is 1. The molecule has 0 saturated heterocycles. The molecule has 7 nitrogen and oxygen atoms in total. The molecule has 1 atom stereocenters. The summed E-state index contributed by atoms with van der Waals surface area (Å²) in [7, 11) is -3.74. The summed E-state index contributed by atoms with van der Waals surface area (Å²) in [6, 6.07) is 13.7. The first-order chi connectivity index (χ1) is 16.1. The highest BCUT2D eigenvalue weighted by molar-refractivity contribution is 9.10. The van der Waals surface area contributed by atoms with Crippen LogP contribution in [0.3, 0.4) is 0 Å². The van der Waals surface area contributed by atoms with Crippen molar-refractivity contribution in [3.05, 3.63) is 64.1 Å². The molecule has 2 aromatic carbocycles. The van der Waals surface area contributed by atoms with E-state index >= 15 is 0 Å². The third-order valence-corrected chi connectivity index (χ3v) is 7.11. The molecule has 0 heterocycles. The molecule has 0 spiro atoms. The molecule has 186 valence electrons. The van der Waals surface area contributed by atoms with Gasteiger partial charge in [0.2, 0.25) is 21.8 Å². The number of nitrogens with one attached hydrogen (secondary N) is 1. The second-order valence-corrected chi connectivity index (χ2v) is 11.1. The lowest BCUT2D eigenvalue weighted by atomic mass is 10.1. The number of amides is 2. The van der Waals surface area contributed by atoms with Crippen LogP contribution in [0.2, 0.25) is 0 Å². The van der Waals surface area contributed by atoms with E-state index in [0.29, 0.717) is 18.7 Å². The molecule has 2 amide bonds. The Hall–Kier alpha value is -2.39. The minimum absolute atomic E-state index is 0.207. The van der Waals surface area contributed by atoms with E-state index in [9.17, 15) is 18.0 Å². The smallest absolute Gasteiger partial charge is 0.244 e. The van der Waals surface area contributed by atoms with Crippen molar-refractivity contribution >= 4 is 43.5 Å². The molecule has 0 fully saturated rings. The maximum atomic E-state index is 13.6. The summed E-state index contributed by atoms with van der Waals surface area (Å²) >= 11 is 3.34. The van der Waals surface area contributed by atoms with Crippen molar-refractivity contribution in [2.75, 3.05) is 23.7 Å². The Bertz CT molecular complexity index is 1070. The molecule has 34 heavy (non-hydrogen) atoms. The van der Waals surface area contributed by atoms with Gasteiger partial charge in [0.15, 0.2) is 0 Å². The van der Waals surface area contributed by atoms with E-state index in [1.54, 1.807) is 24.3 Å². The van der Waals surface area contributed by atoms with Gasteiger partial charge in [-0.05, 0) is 49.6 Å². The second-order valence-electron chi connectivity index (χ2n) is 8.33. The number of rotatable bonds is 12. The maximum absolute atomic E-state index is 13.6. The molecule has 0 aliphatic heterocycles. The van der Waals surface area contributed by atoms with E-state index in [1.165, 1.54) is 4.90 Å². The Morgan fingerprint density at radius 2 is 1.76 bits per heavy atom. The first kappa shape index (κ1) is 27.9. The van der Waals surface area contributed by atoms with Gasteiger partial charge in [-0.1, -0.05) is 66.0 Å². The highest BCUT2D eigenvalue weighted by Crippen LogP contribution is 2.22. The van der Waals surface area contributed by atoms with Crippen LogP contribution in [0.15, 0.2) is 53.0 Å². The van der Waals surface area contributed by atoms with Crippen LogP contribution < -0.4 is 9.62 Å². The molecular formula is C25H34BrN3O4S. The summed E-state index contributed by atoms with van der Waals surface area (Å²) in [5, 5.41) is 2.92. The van der Waals surface area contributed by atoms with E-state index in [4.69, 9.17) is 0 Å². The van der Waals surface area contributed by atoms with E-state index in [-0.39, 0.29) is 12.5 Å². The number of hydrogen-bond acceptors (Lipinski definition) is 4. The van der Waals surface area contributed by atoms with Crippen molar-refractivity contribution in [3.63, 3.8) is 0 Å². The Balaban J connectivity index is 2.39. The summed E-state index contributed by atoms with van der Waals surface area (Å²) in [4.78, 5) is 28.1. The minimum atomic E-state index is -3.74. The number of carbonyl (C=O) groups excluding carboxylic acids is 2. The van der Waals surface area contributed by atoms with Crippen molar-refractivity contribution in [1.29, 1.82) is 0 Å². The highest BCUT2D eigenvalue weighted by atomic mass is 79.9. The summed E-state index contributed by atoms with van der Waals surface area (Å²) in [6.45, 7) is 6.20. The number of anilines is 1. The fourth-order valence-corrected chi connectivity index (χ4v) is 4.77. The molecule has 0 saturated carbocycles. The number of carbonyl (C=O) groups is 2. The molecule has 2 rings (SSSR count). The van der Waals surface area contributed by atoms with Crippen molar-refractivity contribution in [2.45, 2.75) is 52.6 Å². The lowest BCUT2D eigenvalue weighted by Crippen LogP contribution is -2.52. The topological polar surface area (TPSA) is 86.8 Å². The van der Waals surface area contributed by atoms with Crippen LogP contribution in [0.5, 0.6) is 0 Å². The number of nitrogens with zero attached hydrogens (tertiary/aromatic N) is 2. The normalized spacial score (nSPS) is 12.1. The minimum Gasteiger partial charge on any atom is -0.354 e. The third kappa shape index (κ3) is 8.13. The van der Waals surface area contributed by atoms with Crippen molar-refractivity contribution in [3.8, 4) is 0 Å². The molecule has 0 aliphatic carbocycles. The Morgan fingerprint density at radius 1 is 1.09 bits per heavy atom. The number of benzene rings is 2. The van der Waals surface area contributed by atoms with Crippen LogP contribution in [-0.4, -0.2) is 50.5 Å². The molecule has 0 radical (unpaired) electrons. The van der Waals surface area contributed by atoms with Gasteiger partial charge in [-0.2, -0.15) is 0 Å². The molecular weight excluding hydrogens is 518 g/mol. The molecule has 0 unspecified atom stereocenters. The number of sulfonamides is 1. The summed E-state index contributed by atoms with van der Waals surface area (Å²) in [6.07, 6.45) is 3.27. The third-order valence-electron chi connectivity index (χ3n) is 5.44. The highest BCUT2D eigenvalue weighted by Gasteiger charge is 2.31. The summed E-state index contributed by atoms with van der Waals surface area (Å²) in [5.41, 5.74) is 2.30. The van der Waals surface area contributed by atoms with Gasteiger partial charge in [0.05, 0.1) is 11.9 Å². The van der Waals surface area contributed by atoms with Crippen molar-refractivity contribution < 1.29 is 18.0 Å². The standard InChI is InChI=1S/C25H34BrN3O4S/c1-5-7-15-27-25(31)23(6-2)28(17-20-10-8-9-19(3)16-20)24(30)18-29(34(4,32)33)22-13-11-21(26)12-14-22/h8-14,16,23H,5-7,15,17-18H2,1-4H3,(H,27,31)/t23-/m1/s1. The predicted molar refractivity (Wildman–Crippen MR) is 140 cm³/mol. The molecule has 2 aromatic rings. The van der Waals surface area contributed by atoms with E-state index in [1.807, 2.05) is 45.0 Å². The first-order valence-corrected chi connectivity index (χ1v) is 14.1. The Morgan fingerprint density at radius 3 is 2.32 bits per heavy atom.